The highest BCUT2D eigenvalue weighted by Gasteiger charge is 2.31. The van der Waals surface area contributed by atoms with Crippen LogP contribution in [-0.2, 0) is 9.53 Å². The molecule has 0 fully saturated rings. The quantitative estimate of drug-likeness (QED) is 0.228. The zero-order valence-electron chi connectivity index (χ0n) is 14.5. The number of esters is 1. The fourth-order valence-corrected chi connectivity index (χ4v) is 2.35. The Kier molecular flexibility index (Phi) is 7.06. The van der Waals surface area contributed by atoms with Crippen LogP contribution in [0, 0.1) is 0 Å². The predicted molar refractivity (Wildman–Crippen MR) is 97.2 cm³/mol. The van der Waals surface area contributed by atoms with Gasteiger partial charge in [0.15, 0.2) is 0 Å². The van der Waals surface area contributed by atoms with Gasteiger partial charge in [0.05, 0.1) is 11.6 Å². The van der Waals surface area contributed by atoms with Crippen molar-refractivity contribution in [2.45, 2.75) is 13.3 Å². The number of carbonyl (C=O) groups is 2. The summed E-state index contributed by atoms with van der Waals surface area (Å²) in [6.07, 6.45) is -3.68. The van der Waals surface area contributed by atoms with Crippen LogP contribution in [0.25, 0.3) is 0 Å². The Morgan fingerprint density at radius 1 is 1.11 bits per heavy atom. The number of alkyl halides is 3. The molecule has 9 heteroatoms. The molecule has 0 atom stereocenters. The second-order valence-corrected chi connectivity index (χ2v) is 5.71. The van der Waals surface area contributed by atoms with Crippen molar-refractivity contribution in [3.05, 3.63) is 70.9 Å². The molecule has 0 amide bonds. The van der Waals surface area contributed by atoms with Crippen LogP contribution in [-0.4, -0.2) is 24.7 Å². The van der Waals surface area contributed by atoms with E-state index in [0.29, 0.717) is 5.69 Å². The number of ether oxygens (including phenoxy) is 2. The van der Waals surface area contributed by atoms with Gasteiger partial charge in [0.2, 0.25) is 5.78 Å². The van der Waals surface area contributed by atoms with Crippen molar-refractivity contribution in [3.8, 4) is 5.75 Å². The molecule has 0 unspecified atom stereocenters. The summed E-state index contributed by atoms with van der Waals surface area (Å²) in [5.74, 6) is -1.93. The summed E-state index contributed by atoms with van der Waals surface area (Å²) in [6, 6.07) is 10.9. The van der Waals surface area contributed by atoms with Gasteiger partial charge >= 0.3 is 12.3 Å². The lowest BCUT2D eigenvalue weighted by Gasteiger charge is -2.10. The maximum atomic E-state index is 12.7. The molecule has 1 N–H and O–H groups in total. The number of anilines is 1. The number of ketones is 1. The van der Waals surface area contributed by atoms with Crippen LogP contribution in [0.2, 0.25) is 5.02 Å². The van der Waals surface area contributed by atoms with E-state index >= 15 is 0 Å². The van der Waals surface area contributed by atoms with E-state index in [1.807, 2.05) is 0 Å². The second-order valence-electron chi connectivity index (χ2n) is 5.30. The number of nitrogens with one attached hydrogen (secondary N) is 1. The summed E-state index contributed by atoms with van der Waals surface area (Å²) >= 11 is 6.01. The Morgan fingerprint density at radius 2 is 1.75 bits per heavy atom. The first-order valence-corrected chi connectivity index (χ1v) is 8.38. The maximum absolute atomic E-state index is 12.7. The highest BCUT2D eigenvalue weighted by Crippen LogP contribution is 2.24. The fraction of sp³-hybridized carbons (Fsp3) is 0.158. The van der Waals surface area contributed by atoms with Gasteiger partial charge in [-0.25, -0.2) is 4.79 Å². The molecular weight excluding hydrogens is 399 g/mol. The standard InChI is InChI=1S/C19H15ClF3NO4/c1-2-27-18(26)15(17(25)14-5-3-4-6-16(14)20)11-24-12-7-9-13(10-8-12)28-19(21,22)23/h3-11,24H,2H2,1H3/b15-11-. The van der Waals surface area contributed by atoms with Gasteiger partial charge in [-0.1, -0.05) is 23.7 Å². The third-order valence-electron chi connectivity index (χ3n) is 3.33. The fourth-order valence-electron chi connectivity index (χ4n) is 2.12. The molecule has 0 saturated heterocycles. The van der Waals surface area contributed by atoms with E-state index in [4.69, 9.17) is 16.3 Å². The van der Waals surface area contributed by atoms with E-state index in [-0.39, 0.29) is 22.8 Å². The largest absolute Gasteiger partial charge is 0.573 e. The van der Waals surface area contributed by atoms with Gasteiger partial charge in [0, 0.05) is 17.5 Å². The summed E-state index contributed by atoms with van der Waals surface area (Å²) in [4.78, 5) is 24.8. The molecular formula is C19H15ClF3NO4. The SMILES string of the molecule is CCOC(=O)/C(=C\Nc1ccc(OC(F)(F)F)cc1)C(=O)c1ccccc1Cl. The number of Topliss-reactive ketones (excluding diaryl/α,β-unsaturated/α-hetero) is 1. The van der Waals surface area contributed by atoms with Gasteiger partial charge in [0.25, 0.3) is 0 Å². The number of hydrogen-bond donors (Lipinski definition) is 1. The van der Waals surface area contributed by atoms with Gasteiger partial charge in [-0.2, -0.15) is 0 Å². The normalized spacial score (nSPS) is 11.7. The van der Waals surface area contributed by atoms with Crippen LogP contribution in [0.5, 0.6) is 5.75 Å². The van der Waals surface area contributed by atoms with E-state index in [1.54, 1.807) is 19.1 Å². The molecule has 28 heavy (non-hydrogen) atoms. The Labute approximate surface area is 163 Å². The Hall–Kier alpha value is -3.00. The molecule has 0 aromatic heterocycles. The maximum Gasteiger partial charge on any atom is 0.573 e. The molecule has 0 spiro atoms. The second kappa shape index (κ2) is 9.27. The topological polar surface area (TPSA) is 64.6 Å². The zero-order chi connectivity index (χ0) is 20.7. The lowest BCUT2D eigenvalue weighted by molar-refractivity contribution is -0.274. The van der Waals surface area contributed by atoms with E-state index in [2.05, 4.69) is 10.1 Å². The van der Waals surface area contributed by atoms with Crippen LogP contribution in [0.3, 0.4) is 0 Å². The third-order valence-corrected chi connectivity index (χ3v) is 3.66. The molecule has 5 nitrogen and oxygen atoms in total. The Bertz CT molecular complexity index is 879. The van der Waals surface area contributed by atoms with E-state index in [9.17, 15) is 22.8 Å². The highest BCUT2D eigenvalue weighted by molar-refractivity contribution is 6.36. The van der Waals surface area contributed by atoms with Crippen LogP contribution in [0.1, 0.15) is 17.3 Å². The minimum atomic E-state index is -4.80. The van der Waals surface area contributed by atoms with Gasteiger partial charge in [-0.15, -0.1) is 13.2 Å². The molecule has 148 valence electrons. The van der Waals surface area contributed by atoms with Crippen molar-refractivity contribution in [3.63, 3.8) is 0 Å². The van der Waals surface area contributed by atoms with Crippen LogP contribution in [0.15, 0.2) is 60.3 Å². The molecule has 0 radical (unpaired) electrons. The molecule has 2 rings (SSSR count). The van der Waals surface area contributed by atoms with Crippen molar-refractivity contribution in [1.82, 2.24) is 0 Å². The highest BCUT2D eigenvalue weighted by atomic mass is 35.5. The minimum absolute atomic E-state index is 0.0510. The number of benzene rings is 2. The van der Waals surface area contributed by atoms with E-state index in [0.717, 1.165) is 18.3 Å². The summed E-state index contributed by atoms with van der Waals surface area (Å²) in [5.41, 5.74) is 0.119. The third kappa shape index (κ3) is 6.02. The summed E-state index contributed by atoms with van der Waals surface area (Å²) in [6.45, 7) is 1.64. The molecule has 2 aromatic carbocycles. The van der Waals surface area contributed by atoms with Crippen LogP contribution >= 0.6 is 11.6 Å². The first kappa shape index (κ1) is 21.3. The first-order chi connectivity index (χ1) is 13.2. The average Bonchev–Trinajstić information content (AvgIpc) is 2.62. The van der Waals surface area contributed by atoms with Crippen molar-refractivity contribution < 1.29 is 32.2 Å². The Morgan fingerprint density at radius 3 is 2.32 bits per heavy atom. The van der Waals surface area contributed by atoms with Crippen molar-refractivity contribution in [1.29, 1.82) is 0 Å². The molecule has 2 aromatic rings. The average molecular weight is 414 g/mol. The molecule has 0 aliphatic heterocycles. The molecule has 0 bridgehead atoms. The monoisotopic (exact) mass is 413 g/mol. The van der Waals surface area contributed by atoms with Crippen LogP contribution in [0.4, 0.5) is 18.9 Å². The number of carbonyl (C=O) groups excluding carboxylic acids is 2. The van der Waals surface area contributed by atoms with E-state index in [1.165, 1.54) is 24.3 Å². The van der Waals surface area contributed by atoms with Crippen molar-refractivity contribution >= 4 is 29.0 Å². The Balaban J connectivity index is 2.24. The summed E-state index contributed by atoms with van der Waals surface area (Å²) in [7, 11) is 0. The predicted octanol–water partition coefficient (Wildman–Crippen LogP) is 4.98. The zero-order valence-corrected chi connectivity index (χ0v) is 15.3. The lowest BCUT2D eigenvalue weighted by Crippen LogP contribution is -2.18. The molecule has 0 aliphatic carbocycles. The van der Waals surface area contributed by atoms with E-state index < -0.39 is 23.9 Å². The summed E-state index contributed by atoms with van der Waals surface area (Å²) < 4.78 is 45.2. The number of rotatable bonds is 7. The van der Waals surface area contributed by atoms with Gasteiger partial charge in [-0.3, -0.25) is 4.79 Å². The number of halogens is 4. The molecule has 0 saturated carbocycles. The molecule has 0 aliphatic rings. The summed E-state index contributed by atoms with van der Waals surface area (Å²) in [5, 5.41) is 2.84. The van der Waals surface area contributed by atoms with Crippen molar-refractivity contribution in [2.24, 2.45) is 0 Å². The van der Waals surface area contributed by atoms with Gasteiger partial charge < -0.3 is 14.8 Å². The first-order valence-electron chi connectivity index (χ1n) is 8.00. The smallest absolute Gasteiger partial charge is 0.462 e. The minimum Gasteiger partial charge on any atom is -0.462 e. The van der Waals surface area contributed by atoms with Gasteiger partial charge in [0.1, 0.15) is 11.3 Å². The van der Waals surface area contributed by atoms with Gasteiger partial charge in [-0.05, 0) is 43.3 Å². The van der Waals surface area contributed by atoms with Crippen molar-refractivity contribution in [2.75, 3.05) is 11.9 Å². The number of hydrogen-bond acceptors (Lipinski definition) is 5. The van der Waals surface area contributed by atoms with Crippen LogP contribution < -0.4 is 10.1 Å². The molecule has 0 heterocycles. The lowest BCUT2D eigenvalue weighted by atomic mass is 10.0.